The lowest BCUT2D eigenvalue weighted by molar-refractivity contribution is 0.0955. The lowest BCUT2D eigenvalue weighted by atomic mass is 9.87. The third-order valence-electron chi connectivity index (χ3n) is 4.71. The second-order valence-corrected chi connectivity index (χ2v) is 9.05. The second-order valence-electron chi connectivity index (χ2n) is 8.05. The van der Waals surface area contributed by atoms with Gasteiger partial charge in [0.2, 0.25) is 0 Å². The third-order valence-corrected chi connectivity index (χ3v) is 5.70. The number of methoxy groups -OCH3 is 1. The molecule has 0 saturated heterocycles. The predicted molar refractivity (Wildman–Crippen MR) is 127 cm³/mol. The van der Waals surface area contributed by atoms with Gasteiger partial charge in [-0.3, -0.25) is 4.79 Å². The van der Waals surface area contributed by atoms with Gasteiger partial charge in [0.05, 0.1) is 18.4 Å². The summed E-state index contributed by atoms with van der Waals surface area (Å²) in [7, 11) is 1.66. The summed E-state index contributed by atoms with van der Waals surface area (Å²) in [6.45, 7) is 6.43. The molecule has 0 aliphatic heterocycles. The Bertz CT molecular complexity index is 1040. The van der Waals surface area contributed by atoms with Gasteiger partial charge in [0.1, 0.15) is 5.75 Å². The van der Waals surface area contributed by atoms with Crippen LogP contribution in [0.4, 0.5) is 0 Å². The second kappa shape index (κ2) is 10.3. The highest BCUT2D eigenvalue weighted by atomic mass is 32.2. The van der Waals surface area contributed by atoms with Gasteiger partial charge in [0, 0.05) is 23.1 Å². The zero-order valence-corrected chi connectivity index (χ0v) is 19.1. The number of ether oxygens (including phenoxy) is 1. The number of carbonyl (C=O) groups is 1. The first kappa shape index (κ1) is 22.6. The molecule has 1 amide bonds. The molecule has 0 saturated carbocycles. The summed E-state index contributed by atoms with van der Waals surface area (Å²) >= 11 is 1.64. The number of hydrogen-bond acceptors (Lipinski definition) is 5. The van der Waals surface area contributed by atoms with Gasteiger partial charge in [-0.1, -0.05) is 39.0 Å². The monoisotopic (exact) mass is 433 g/mol. The van der Waals surface area contributed by atoms with Crippen LogP contribution < -0.4 is 10.2 Å². The molecular formula is C25H27N3O2S. The molecule has 0 atom stereocenters. The predicted octanol–water partition coefficient (Wildman–Crippen LogP) is 5.44. The molecule has 6 heteroatoms. The molecule has 1 aromatic heterocycles. The molecule has 1 heterocycles. The van der Waals surface area contributed by atoms with Crippen molar-refractivity contribution in [2.75, 3.05) is 7.11 Å². The van der Waals surface area contributed by atoms with Crippen molar-refractivity contribution in [1.29, 1.82) is 0 Å². The van der Waals surface area contributed by atoms with E-state index in [2.05, 4.69) is 36.3 Å². The van der Waals surface area contributed by atoms with E-state index in [9.17, 15) is 4.79 Å². The molecular weight excluding hydrogens is 406 g/mol. The highest BCUT2D eigenvalue weighted by molar-refractivity contribution is 7.98. The van der Waals surface area contributed by atoms with Crippen LogP contribution in [-0.2, 0) is 11.2 Å². The number of rotatable bonds is 7. The lowest BCUT2D eigenvalue weighted by Crippen LogP contribution is -2.18. The van der Waals surface area contributed by atoms with E-state index in [1.807, 2.05) is 60.7 Å². The Labute approximate surface area is 187 Å². The van der Waals surface area contributed by atoms with Crippen LogP contribution in [0.3, 0.4) is 0 Å². The minimum absolute atomic E-state index is 0.0497. The van der Waals surface area contributed by atoms with Gasteiger partial charge in [-0.15, -0.1) is 11.8 Å². The molecule has 3 aromatic rings. The number of benzene rings is 2. The van der Waals surface area contributed by atoms with Crippen LogP contribution in [0.25, 0.3) is 0 Å². The van der Waals surface area contributed by atoms with Gasteiger partial charge >= 0.3 is 0 Å². The fraction of sp³-hybridized carbons (Fsp3) is 0.240. The maximum atomic E-state index is 12.4. The number of hydrogen-bond donors (Lipinski definition) is 1. The summed E-state index contributed by atoms with van der Waals surface area (Å²) in [6.07, 6.45) is 3.41. The van der Waals surface area contributed by atoms with Crippen LogP contribution in [0.15, 0.2) is 77.0 Å². The Morgan fingerprint density at radius 2 is 1.90 bits per heavy atom. The van der Waals surface area contributed by atoms with E-state index < -0.39 is 0 Å². The van der Waals surface area contributed by atoms with Gasteiger partial charge in [-0.2, -0.15) is 5.10 Å². The molecule has 2 aromatic carbocycles. The number of carbonyl (C=O) groups excluding carboxylic acids is 1. The number of pyridine rings is 1. The summed E-state index contributed by atoms with van der Waals surface area (Å²) in [6, 6.07) is 19.3. The first-order valence-electron chi connectivity index (χ1n) is 10.0. The SMILES string of the molecule is COc1ccc(/C=N/NC(=O)c2ccc(C(C)(C)C)cc2)cc1CSc1ccccn1. The molecule has 0 aliphatic carbocycles. The molecule has 0 spiro atoms. The fourth-order valence-electron chi connectivity index (χ4n) is 2.93. The van der Waals surface area contributed by atoms with Gasteiger partial charge < -0.3 is 4.74 Å². The summed E-state index contributed by atoms with van der Waals surface area (Å²) in [5, 5.41) is 5.07. The zero-order valence-electron chi connectivity index (χ0n) is 18.3. The Hall–Kier alpha value is -3.12. The Balaban J connectivity index is 1.64. The van der Waals surface area contributed by atoms with Gasteiger partial charge in [0.25, 0.3) is 5.91 Å². The highest BCUT2D eigenvalue weighted by Crippen LogP contribution is 2.27. The maximum absolute atomic E-state index is 12.4. The van der Waals surface area contributed by atoms with E-state index >= 15 is 0 Å². The lowest BCUT2D eigenvalue weighted by Gasteiger charge is -2.18. The molecule has 3 rings (SSSR count). The largest absolute Gasteiger partial charge is 0.496 e. The summed E-state index contributed by atoms with van der Waals surface area (Å²) in [4.78, 5) is 16.7. The maximum Gasteiger partial charge on any atom is 0.271 e. The Kier molecular flexibility index (Phi) is 7.47. The highest BCUT2D eigenvalue weighted by Gasteiger charge is 2.14. The smallest absolute Gasteiger partial charge is 0.271 e. The molecule has 1 N–H and O–H groups in total. The number of aromatic nitrogens is 1. The number of hydrazone groups is 1. The van der Waals surface area contributed by atoms with E-state index in [1.54, 1.807) is 31.3 Å². The van der Waals surface area contributed by atoms with E-state index in [0.717, 1.165) is 21.9 Å². The van der Waals surface area contributed by atoms with Crippen LogP contribution in [0.5, 0.6) is 5.75 Å². The van der Waals surface area contributed by atoms with E-state index in [-0.39, 0.29) is 11.3 Å². The van der Waals surface area contributed by atoms with Crippen molar-refractivity contribution >= 4 is 23.9 Å². The third kappa shape index (κ3) is 6.43. The average molecular weight is 434 g/mol. The summed E-state index contributed by atoms with van der Waals surface area (Å²) in [5.41, 5.74) is 6.31. The van der Waals surface area contributed by atoms with Crippen molar-refractivity contribution in [3.63, 3.8) is 0 Å². The van der Waals surface area contributed by atoms with Crippen LogP contribution in [-0.4, -0.2) is 24.2 Å². The van der Waals surface area contributed by atoms with Gasteiger partial charge in [0.15, 0.2) is 0 Å². The van der Waals surface area contributed by atoms with Crippen molar-refractivity contribution < 1.29 is 9.53 Å². The Morgan fingerprint density at radius 1 is 1.13 bits per heavy atom. The van der Waals surface area contributed by atoms with Crippen molar-refractivity contribution in [2.45, 2.75) is 37.0 Å². The molecule has 5 nitrogen and oxygen atoms in total. The van der Waals surface area contributed by atoms with E-state index in [0.29, 0.717) is 11.3 Å². The normalized spacial score (nSPS) is 11.5. The van der Waals surface area contributed by atoms with Gasteiger partial charge in [-0.25, -0.2) is 10.4 Å². The van der Waals surface area contributed by atoms with Crippen LogP contribution >= 0.6 is 11.8 Å². The van der Waals surface area contributed by atoms with Gasteiger partial charge in [-0.05, 0) is 59.0 Å². The van der Waals surface area contributed by atoms with Crippen LogP contribution in [0, 0.1) is 0 Å². The molecule has 0 fully saturated rings. The first-order valence-corrected chi connectivity index (χ1v) is 11.0. The summed E-state index contributed by atoms with van der Waals surface area (Å²) < 4.78 is 5.47. The van der Waals surface area contributed by atoms with E-state index in [1.165, 1.54) is 5.56 Å². The average Bonchev–Trinajstić information content (AvgIpc) is 2.78. The molecule has 0 unspecified atom stereocenters. The number of nitrogens with zero attached hydrogens (tertiary/aromatic N) is 2. The molecule has 31 heavy (non-hydrogen) atoms. The summed E-state index contributed by atoms with van der Waals surface area (Å²) in [5.74, 6) is 1.29. The quantitative estimate of drug-likeness (QED) is 0.306. The first-order chi connectivity index (χ1) is 14.9. The number of thioether (sulfide) groups is 1. The Morgan fingerprint density at radius 3 is 2.55 bits per heavy atom. The number of amides is 1. The van der Waals surface area contributed by atoms with E-state index in [4.69, 9.17) is 4.74 Å². The minimum atomic E-state index is -0.240. The number of nitrogens with one attached hydrogen (secondary N) is 1. The molecule has 0 radical (unpaired) electrons. The molecule has 0 aliphatic rings. The van der Waals surface area contributed by atoms with Crippen molar-refractivity contribution in [3.8, 4) is 5.75 Å². The molecule has 0 bridgehead atoms. The molecule has 160 valence electrons. The topological polar surface area (TPSA) is 63.6 Å². The minimum Gasteiger partial charge on any atom is -0.496 e. The van der Waals surface area contributed by atoms with Crippen molar-refractivity contribution in [1.82, 2.24) is 10.4 Å². The fourth-order valence-corrected chi connectivity index (χ4v) is 3.77. The van der Waals surface area contributed by atoms with Crippen LogP contribution in [0.2, 0.25) is 0 Å². The standard InChI is InChI=1S/C25H27N3O2S/c1-25(2,3)21-11-9-19(10-12-21)24(29)28-27-16-18-8-13-22(30-4)20(15-18)17-31-23-7-5-6-14-26-23/h5-16H,17H2,1-4H3,(H,28,29)/b27-16+. The van der Waals surface area contributed by atoms with Crippen molar-refractivity contribution in [2.24, 2.45) is 5.10 Å². The zero-order chi connectivity index (χ0) is 22.3. The van der Waals surface area contributed by atoms with Crippen molar-refractivity contribution in [3.05, 3.63) is 89.1 Å². The van der Waals surface area contributed by atoms with Crippen LogP contribution in [0.1, 0.15) is 47.8 Å².